The highest BCUT2D eigenvalue weighted by atomic mass is 32.2. The highest BCUT2D eigenvalue weighted by Crippen LogP contribution is 2.18. The molecule has 1 saturated heterocycles. The average Bonchev–Trinajstić information content (AvgIpc) is 2.88. The number of ether oxygens (including phenoxy) is 1. The van der Waals surface area contributed by atoms with E-state index in [4.69, 9.17) is 15.6 Å². The maximum Gasteiger partial charge on any atom is 0.410 e. The molecule has 0 bridgehead atoms. The minimum atomic E-state index is -3.78. The normalized spacial score (nSPS) is 16.4. The summed E-state index contributed by atoms with van der Waals surface area (Å²) in [5, 5.41) is 9.14. The van der Waals surface area contributed by atoms with Crippen LogP contribution in [0.4, 0.5) is 4.79 Å². The van der Waals surface area contributed by atoms with E-state index in [1.165, 1.54) is 17.0 Å². The van der Waals surface area contributed by atoms with Gasteiger partial charge in [0.05, 0.1) is 10.7 Å². The Hall–Kier alpha value is -3.97. The standard InChI is InChI=1S/C25H31N5O7S/c1-18-7-9-20(10-8-18)38(35,36)28-17-27-22(26)12-11-21-24(33)29(15-23(31)32)13-14-30(21)25(34)37-16-19-5-3-2-4-6-19/h2-10,21,28H,11-17H2,1H3,(H2,26,27)(H,31,32)/t21-/m0/s1. The van der Waals surface area contributed by atoms with Gasteiger partial charge in [-0.05, 0) is 31.0 Å². The fraction of sp³-hybridized carbons (Fsp3) is 0.360. The summed E-state index contributed by atoms with van der Waals surface area (Å²) in [5.74, 6) is -1.64. The van der Waals surface area contributed by atoms with Gasteiger partial charge in [0.1, 0.15) is 25.9 Å². The van der Waals surface area contributed by atoms with E-state index in [1.54, 1.807) is 24.3 Å². The number of amides is 2. The molecule has 0 unspecified atom stereocenters. The lowest BCUT2D eigenvalue weighted by Gasteiger charge is -2.39. The van der Waals surface area contributed by atoms with Gasteiger partial charge in [0.2, 0.25) is 15.9 Å². The van der Waals surface area contributed by atoms with Gasteiger partial charge in [-0.2, -0.15) is 4.72 Å². The molecule has 0 aliphatic carbocycles. The number of amidine groups is 1. The highest BCUT2D eigenvalue weighted by molar-refractivity contribution is 7.89. The van der Waals surface area contributed by atoms with E-state index >= 15 is 0 Å². The van der Waals surface area contributed by atoms with Crippen molar-refractivity contribution in [3.8, 4) is 0 Å². The second-order valence-corrected chi connectivity index (χ2v) is 10.5. The van der Waals surface area contributed by atoms with Gasteiger partial charge in [-0.25, -0.2) is 13.2 Å². The van der Waals surface area contributed by atoms with Crippen LogP contribution in [0.2, 0.25) is 0 Å². The van der Waals surface area contributed by atoms with Gasteiger partial charge in [0.15, 0.2) is 0 Å². The zero-order valence-corrected chi connectivity index (χ0v) is 21.8. The molecule has 0 aromatic heterocycles. The lowest BCUT2D eigenvalue weighted by Crippen LogP contribution is -2.59. The summed E-state index contributed by atoms with van der Waals surface area (Å²) in [6.45, 7) is 1.19. The van der Waals surface area contributed by atoms with Crippen LogP contribution in [0.25, 0.3) is 0 Å². The topological polar surface area (TPSA) is 172 Å². The van der Waals surface area contributed by atoms with Crippen LogP contribution in [-0.4, -0.2) is 79.5 Å². The largest absolute Gasteiger partial charge is 0.480 e. The Morgan fingerprint density at radius 3 is 2.47 bits per heavy atom. The molecule has 1 heterocycles. The molecular formula is C25H31N5O7S. The number of piperazine rings is 1. The van der Waals surface area contributed by atoms with E-state index in [-0.39, 0.29) is 49.9 Å². The third-order valence-electron chi connectivity index (χ3n) is 5.89. The predicted molar refractivity (Wildman–Crippen MR) is 139 cm³/mol. The van der Waals surface area contributed by atoms with Gasteiger partial charge in [-0.1, -0.05) is 48.0 Å². The number of aliphatic carboxylic acids is 1. The molecule has 1 aliphatic rings. The van der Waals surface area contributed by atoms with Crippen molar-refractivity contribution in [1.29, 1.82) is 0 Å². The summed E-state index contributed by atoms with van der Waals surface area (Å²) in [6, 6.07) is 14.4. The molecule has 38 heavy (non-hydrogen) atoms. The van der Waals surface area contributed by atoms with Crippen LogP contribution in [0.1, 0.15) is 24.0 Å². The van der Waals surface area contributed by atoms with E-state index < -0.39 is 40.6 Å². The maximum absolute atomic E-state index is 13.0. The fourth-order valence-electron chi connectivity index (χ4n) is 3.84. The Morgan fingerprint density at radius 1 is 1.13 bits per heavy atom. The second kappa shape index (κ2) is 13.0. The molecule has 4 N–H and O–H groups in total. The summed E-state index contributed by atoms with van der Waals surface area (Å²) in [6.07, 6.45) is -0.592. The van der Waals surface area contributed by atoms with E-state index in [1.807, 2.05) is 25.1 Å². The number of carboxylic acid groups (broad SMARTS) is 1. The van der Waals surface area contributed by atoms with Crippen molar-refractivity contribution >= 4 is 33.8 Å². The first-order chi connectivity index (χ1) is 18.1. The van der Waals surface area contributed by atoms with Gasteiger partial charge in [-0.15, -0.1) is 0 Å². The second-order valence-electron chi connectivity index (χ2n) is 8.71. The Kier molecular flexibility index (Phi) is 9.79. The van der Waals surface area contributed by atoms with Crippen molar-refractivity contribution in [2.45, 2.75) is 37.3 Å². The molecule has 12 nitrogen and oxygen atoms in total. The lowest BCUT2D eigenvalue weighted by molar-refractivity contribution is -0.149. The molecule has 2 aromatic rings. The number of carbonyl (C=O) groups is 3. The van der Waals surface area contributed by atoms with E-state index in [2.05, 4.69) is 9.71 Å². The van der Waals surface area contributed by atoms with Crippen molar-refractivity contribution in [1.82, 2.24) is 14.5 Å². The Labute approximate surface area is 221 Å². The van der Waals surface area contributed by atoms with Crippen LogP contribution in [0.3, 0.4) is 0 Å². The molecular weight excluding hydrogens is 514 g/mol. The van der Waals surface area contributed by atoms with Gasteiger partial charge in [0.25, 0.3) is 0 Å². The van der Waals surface area contributed by atoms with Crippen LogP contribution in [0.5, 0.6) is 0 Å². The Morgan fingerprint density at radius 2 is 1.82 bits per heavy atom. The summed E-state index contributed by atoms with van der Waals surface area (Å²) < 4.78 is 32.5. The first kappa shape index (κ1) is 28.6. The fourth-order valence-corrected chi connectivity index (χ4v) is 4.74. The highest BCUT2D eigenvalue weighted by Gasteiger charge is 2.38. The maximum atomic E-state index is 13.0. The summed E-state index contributed by atoms with van der Waals surface area (Å²) in [4.78, 5) is 43.6. The molecule has 13 heteroatoms. The number of sulfonamides is 1. The van der Waals surface area contributed by atoms with Crippen molar-refractivity contribution in [3.05, 3.63) is 65.7 Å². The zero-order chi connectivity index (χ0) is 27.7. The van der Waals surface area contributed by atoms with Crippen LogP contribution in [0.15, 0.2) is 64.5 Å². The van der Waals surface area contributed by atoms with Crippen molar-refractivity contribution in [2.75, 3.05) is 26.3 Å². The molecule has 1 atom stereocenters. The summed E-state index contributed by atoms with van der Waals surface area (Å²) in [5.41, 5.74) is 7.65. The minimum absolute atomic E-state index is 0.0145. The van der Waals surface area contributed by atoms with Crippen LogP contribution >= 0.6 is 0 Å². The predicted octanol–water partition coefficient (Wildman–Crippen LogP) is 1.30. The average molecular weight is 546 g/mol. The van der Waals surface area contributed by atoms with Crippen LogP contribution < -0.4 is 10.5 Å². The molecule has 0 spiro atoms. The van der Waals surface area contributed by atoms with Crippen molar-refractivity contribution < 1.29 is 32.6 Å². The van der Waals surface area contributed by atoms with Crippen molar-refractivity contribution in [2.24, 2.45) is 10.7 Å². The first-order valence-corrected chi connectivity index (χ1v) is 13.4. The first-order valence-electron chi connectivity index (χ1n) is 11.9. The summed E-state index contributed by atoms with van der Waals surface area (Å²) >= 11 is 0. The molecule has 3 rings (SSSR count). The number of aliphatic imine (C=N–C) groups is 1. The number of nitrogens with zero attached hydrogens (tertiary/aromatic N) is 3. The number of aryl methyl sites for hydroxylation is 1. The zero-order valence-electron chi connectivity index (χ0n) is 20.9. The number of carbonyl (C=O) groups excluding carboxylic acids is 2. The molecule has 1 aliphatic heterocycles. The molecule has 2 aromatic carbocycles. The number of benzene rings is 2. The van der Waals surface area contributed by atoms with Crippen LogP contribution in [0, 0.1) is 6.92 Å². The molecule has 0 saturated carbocycles. The molecule has 204 valence electrons. The molecule has 1 fully saturated rings. The molecule has 2 amide bonds. The third-order valence-corrected chi connectivity index (χ3v) is 7.29. The van der Waals surface area contributed by atoms with Crippen molar-refractivity contribution in [3.63, 3.8) is 0 Å². The minimum Gasteiger partial charge on any atom is -0.480 e. The smallest absolute Gasteiger partial charge is 0.410 e. The van der Waals surface area contributed by atoms with Gasteiger partial charge < -0.3 is 20.5 Å². The lowest BCUT2D eigenvalue weighted by atomic mass is 10.1. The number of hydrogen-bond donors (Lipinski definition) is 3. The number of nitrogens with one attached hydrogen (secondary N) is 1. The van der Waals surface area contributed by atoms with E-state index in [0.29, 0.717) is 0 Å². The van der Waals surface area contributed by atoms with Gasteiger partial charge in [-0.3, -0.25) is 19.5 Å². The number of rotatable bonds is 11. The van der Waals surface area contributed by atoms with Crippen LogP contribution in [-0.2, 0) is 31.0 Å². The number of nitrogens with two attached hydrogens (primary N) is 1. The summed E-state index contributed by atoms with van der Waals surface area (Å²) in [7, 11) is -3.78. The SMILES string of the molecule is Cc1ccc(S(=O)(=O)NC/N=C(\N)CC[C@H]2C(=O)N(CC(=O)O)CCN2C(=O)OCc2ccccc2)cc1. The quantitative estimate of drug-likeness (QED) is 0.280. The monoisotopic (exact) mass is 545 g/mol. The van der Waals surface area contributed by atoms with Gasteiger partial charge >= 0.3 is 12.1 Å². The van der Waals surface area contributed by atoms with E-state index in [9.17, 15) is 22.8 Å². The van der Waals surface area contributed by atoms with E-state index in [0.717, 1.165) is 16.0 Å². The number of hydrogen-bond acceptors (Lipinski definition) is 7. The van der Waals surface area contributed by atoms with Gasteiger partial charge in [0, 0.05) is 19.5 Å². The third kappa shape index (κ3) is 8.02. The number of carboxylic acids is 1. The Bertz CT molecular complexity index is 1270. The molecule has 0 radical (unpaired) electrons. The Balaban J connectivity index is 1.62.